The predicted molar refractivity (Wildman–Crippen MR) is 77.1 cm³/mol. The summed E-state index contributed by atoms with van der Waals surface area (Å²) in [4.78, 5) is 30.2. The average molecular weight is 307 g/mol. The first-order chi connectivity index (χ1) is 10.0. The van der Waals surface area contributed by atoms with E-state index in [4.69, 9.17) is 16.7 Å². The van der Waals surface area contributed by atoms with Crippen molar-refractivity contribution >= 4 is 35.1 Å². The van der Waals surface area contributed by atoms with Crippen LogP contribution in [-0.4, -0.2) is 34.0 Å². The highest BCUT2D eigenvalue weighted by Gasteiger charge is 2.10. The summed E-state index contributed by atoms with van der Waals surface area (Å²) in [5, 5.41) is 14.3. The molecule has 7 nitrogen and oxygen atoms in total. The van der Waals surface area contributed by atoms with Gasteiger partial charge in [-0.1, -0.05) is 11.6 Å². The number of nitrogens with zero attached hydrogens (tertiary/aromatic N) is 2. The minimum Gasteiger partial charge on any atom is -0.478 e. The normalized spacial score (nSPS) is 10.0. The third-order valence-electron chi connectivity index (χ3n) is 2.59. The van der Waals surface area contributed by atoms with E-state index < -0.39 is 5.97 Å². The minimum absolute atomic E-state index is 0.0847. The van der Waals surface area contributed by atoms with E-state index in [9.17, 15) is 9.59 Å². The molecule has 108 valence electrons. The van der Waals surface area contributed by atoms with E-state index in [2.05, 4.69) is 20.6 Å². The number of nitrogens with one attached hydrogen (secondary N) is 2. The van der Waals surface area contributed by atoms with E-state index in [0.29, 0.717) is 11.6 Å². The molecule has 2 rings (SSSR count). The van der Waals surface area contributed by atoms with E-state index in [1.165, 1.54) is 37.6 Å². The van der Waals surface area contributed by atoms with Gasteiger partial charge in [0, 0.05) is 25.5 Å². The highest BCUT2D eigenvalue weighted by atomic mass is 35.5. The molecule has 2 aromatic heterocycles. The van der Waals surface area contributed by atoms with Gasteiger partial charge in [-0.3, -0.25) is 4.79 Å². The molecule has 0 spiro atoms. The summed E-state index contributed by atoms with van der Waals surface area (Å²) in [6.07, 6.45) is 2.57. The molecular weight excluding hydrogens is 296 g/mol. The zero-order valence-electron chi connectivity index (χ0n) is 10.9. The second-order valence-corrected chi connectivity index (χ2v) is 4.40. The fraction of sp³-hybridized carbons (Fsp3) is 0.0769. The number of anilines is 2. The van der Waals surface area contributed by atoms with Crippen LogP contribution < -0.4 is 10.6 Å². The molecule has 2 aromatic rings. The van der Waals surface area contributed by atoms with Gasteiger partial charge in [0.05, 0.1) is 16.1 Å². The molecule has 0 aromatic carbocycles. The molecule has 3 N–H and O–H groups in total. The third kappa shape index (κ3) is 3.46. The Hall–Kier alpha value is -2.67. The lowest BCUT2D eigenvalue weighted by Crippen LogP contribution is -2.18. The molecule has 8 heteroatoms. The van der Waals surface area contributed by atoms with Gasteiger partial charge in [0.15, 0.2) is 0 Å². The first-order valence-corrected chi connectivity index (χ1v) is 6.23. The topological polar surface area (TPSA) is 104 Å². The number of amides is 1. The lowest BCUT2D eigenvalue weighted by molar-refractivity contribution is 0.0696. The van der Waals surface area contributed by atoms with Gasteiger partial charge in [0.1, 0.15) is 11.6 Å². The summed E-state index contributed by atoms with van der Waals surface area (Å²) < 4.78 is 0. The molecule has 0 saturated heterocycles. The Morgan fingerprint density at radius 2 is 1.90 bits per heavy atom. The van der Waals surface area contributed by atoms with E-state index in [0.717, 1.165) is 0 Å². The molecule has 1 amide bonds. The summed E-state index contributed by atoms with van der Waals surface area (Å²) in [7, 11) is 1.50. The number of carbonyl (C=O) groups excluding carboxylic acids is 1. The van der Waals surface area contributed by atoms with Gasteiger partial charge in [-0.25, -0.2) is 14.8 Å². The van der Waals surface area contributed by atoms with Gasteiger partial charge in [0.25, 0.3) is 5.91 Å². The van der Waals surface area contributed by atoms with Crippen LogP contribution in [0.15, 0.2) is 30.6 Å². The standard InChI is InChI=1S/C13H11ClN4O3/c1-15-12(19)8-6-17-11(4-9(8)14)18-10-3-2-7(5-16-10)13(20)21/h2-6H,1H3,(H,15,19)(H,20,21)(H,16,17,18). The molecule has 0 fully saturated rings. The van der Waals surface area contributed by atoms with Crippen LogP contribution in [0.4, 0.5) is 11.6 Å². The Balaban J connectivity index is 2.18. The fourth-order valence-corrected chi connectivity index (χ4v) is 1.76. The van der Waals surface area contributed by atoms with Gasteiger partial charge in [-0.2, -0.15) is 0 Å². The zero-order valence-corrected chi connectivity index (χ0v) is 11.7. The van der Waals surface area contributed by atoms with Crippen molar-refractivity contribution in [3.05, 3.63) is 46.7 Å². The summed E-state index contributed by atoms with van der Waals surface area (Å²) in [5.74, 6) is -0.576. The summed E-state index contributed by atoms with van der Waals surface area (Å²) >= 11 is 6.00. The van der Waals surface area contributed by atoms with Gasteiger partial charge >= 0.3 is 5.97 Å². The van der Waals surface area contributed by atoms with Crippen molar-refractivity contribution in [3.8, 4) is 0 Å². The lowest BCUT2D eigenvalue weighted by Gasteiger charge is -2.07. The van der Waals surface area contributed by atoms with Crippen molar-refractivity contribution < 1.29 is 14.7 Å². The Morgan fingerprint density at radius 3 is 2.43 bits per heavy atom. The lowest BCUT2D eigenvalue weighted by atomic mass is 10.2. The highest BCUT2D eigenvalue weighted by Crippen LogP contribution is 2.20. The van der Waals surface area contributed by atoms with Crippen molar-refractivity contribution in [1.82, 2.24) is 15.3 Å². The number of hydrogen-bond acceptors (Lipinski definition) is 5. The van der Waals surface area contributed by atoms with E-state index in [1.807, 2.05) is 0 Å². The number of carboxylic acid groups (broad SMARTS) is 1. The van der Waals surface area contributed by atoms with Crippen LogP contribution in [0, 0.1) is 0 Å². The van der Waals surface area contributed by atoms with Gasteiger partial charge in [-0.15, -0.1) is 0 Å². The van der Waals surface area contributed by atoms with Crippen LogP contribution in [0.5, 0.6) is 0 Å². The number of pyridine rings is 2. The van der Waals surface area contributed by atoms with Crippen LogP contribution in [0.1, 0.15) is 20.7 Å². The Morgan fingerprint density at radius 1 is 1.19 bits per heavy atom. The third-order valence-corrected chi connectivity index (χ3v) is 2.90. The number of rotatable bonds is 4. The summed E-state index contributed by atoms with van der Waals surface area (Å²) in [6, 6.07) is 4.41. The van der Waals surface area contributed by atoms with Crippen LogP contribution in [0.2, 0.25) is 5.02 Å². The molecule has 0 aliphatic rings. The van der Waals surface area contributed by atoms with Crippen molar-refractivity contribution in [2.45, 2.75) is 0 Å². The van der Waals surface area contributed by atoms with Crippen LogP contribution >= 0.6 is 11.6 Å². The molecule has 0 aliphatic carbocycles. The number of halogens is 1. The Kier molecular flexibility index (Phi) is 4.34. The van der Waals surface area contributed by atoms with Crippen LogP contribution in [-0.2, 0) is 0 Å². The SMILES string of the molecule is CNC(=O)c1cnc(Nc2ccc(C(=O)O)cn2)cc1Cl. The van der Waals surface area contributed by atoms with Gasteiger partial charge in [0.2, 0.25) is 0 Å². The fourth-order valence-electron chi connectivity index (χ4n) is 1.53. The van der Waals surface area contributed by atoms with Gasteiger partial charge < -0.3 is 15.7 Å². The molecule has 0 saturated carbocycles. The number of carboxylic acids is 1. The zero-order chi connectivity index (χ0) is 15.4. The molecule has 21 heavy (non-hydrogen) atoms. The summed E-state index contributed by atoms with van der Waals surface area (Å²) in [6.45, 7) is 0. The molecule has 0 unspecified atom stereocenters. The number of hydrogen-bond donors (Lipinski definition) is 3. The van der Waals surface area contributed by atoms with Crippen molar-refractivity contribution in [3.63, 3.8) is 0 Å². The number of carbonyl (C=O) groups is 2. The number of aromatic carboxylic acids is 1. The monoisotopic (exact) mass is 306 g/mol. The minimum atomic E-state index is -1.05. The quantitative estimate of drug-likeness (QED) is 0.797. The Bertz CT molecular complexity index is 688. The van der Waals surface area contributed by atoms with E-state index >= 15 is 0 Å². The maximum atomic E-state index is 11.5. The smallest absolute Gasteiger partial charge is 0.337 e. The number of aromatic nitrogens is 2. The van der Waals surface area contributed by atoms with Gasteiger partial charge in [-0.05, 0) is 12.1 Å². The predicted octanol–water partition coefficient (Wildman–Crippen LogP) is 1.93. The van der Waals surface area contributed by atoms with Crippen LogP contribution in [0.25, 0.3) is 0 Å². The Labute approximate surface area is 125 Å². The summed E-state index contributed by atoms with van der Waals surface area (Å²) in [5.41, 5.74) is 0.348. The van der Waals surface area contributed by atoms with Crippen LogP contribution in [0.3, 0.4) is 0 Å². The van der Waals surface area contributed by atoms with E-state index in [1.54, 1.807) is 0 Å². The maximum absolute atomic E-state index is 11.5. The first kappa shape index (κ1) is 14.7. The molecule has 0 aliphatic heterocycles. The van der Waals surface area contributed by atoms with E-state index in [-0.39, 0.29) is 22.1 Å². The first-order valence-electron chi connectivity index (χ1n) is 5.85. The van der Waals surface area contributed by atoms with Crippen molar-refractivity contribution in [2.24, 2.45) is 0 Å². The molecule has 0 radical (unpaired) electrons. The molecule has 2 heterocycles. The van der Waals surface area contributed by atoms with Crippen molar-refractivity contribution in [2.75, 3.05) is 12.4 Å². The maximum Gasteiger partial charge on any atom is 0.337 e. The molecular formula is C13H11ClN4O3. The second kappa shape index (κ2) is 6.19. The van der Waals surface area contributed by atoms with Crippen molar-refractivity contribution in [1.29, 1.82) is 0 Å². The molecule has 0 bridgehead atoms. The average Bonchev–Trinajstić information content (AvgIpc) is 2.47. The second-order valence-electron chi connectivity index (χ2n) is 3.99. The largest absolute Gasteiger partial charge is 0.478 e. The molecule has 0 atom stereocenters. The highest BCUT2D eigenvalue weighted by molar-refractivity contribution is 6.34.